The van der Waals surface area contributed by atoms with Gasteiger partial charge in [-0.1, -0.05) is 38.1 Å². The smallest absolute Gasteiger partial charge is 0.251 e. The van der Waals surface area contributed by atoms with E-state index in [2.05, 4.69) is 24.5 Å². The van der Waals surface area contributed by atoms with Crippen molar-refractivity contribution in [1.82, 2.24) is 5.32 Å². The van der Waals surface area contributed by atoms with Crippen LogP contribution in [0.4, 0.5) is 5.69 Å². The van der Waals surface area contributed by atoms with Gasteiger partial charge in [0.15, 0.2) is 0 Å². The number of amides is 2. The van der Waals surface area contributed by atoms with Gasteiger partial charge >= 0.3 is 0 Å². The molecule has 0 atom stereocenters. The molecule has 0 bridgehead atoms. The topological polar surface area (TPSA) is 58.2 Å². The van der Waals surface area contributed by atoms with Crippen LogP contribution in [-0.2, 0) is 4.79 Å². The quantitative estimate of drug-likeness (QED) is 0.879. The number of hydrogen-bond donors (Lipinski definition) is 2. The molecule has 2 rings (SSSR count). The van der Waals surface area contributed by atoms with Gasteiger partial charge in [-0.25, -0.2) is 0 Å². The van der Waals surface area contributed by atoms with Crippen LogP contribution in [0.25, 0.3) is 0 Å². The van der Waals surface area contributed by atoms with Crippen molar-refractivity contribution in [2.45, 2.75) is 33.6 Å². The fourth-order valence-corrected chi connectivity index (χ4v) is 2.36. The summed E-state index contributed by atoms with van der Waals surface area (Å²) in [5.74, 6) is -0.0669. The molecule has 4 heteroatoms. The first-order valence-corrected chi connectivity index (χ1v) is 8.12. The Hall–Kier alpha value is -2.62. The molecule has 2 aromatic rings. The minimum atomic E-state index is -0.249. The van der Waals surface area contributed by atoms with Crippen LogP contribution in [-0.4, -0.2) is 18.4 Å². The van der Waals surface area contributed by atoms with Crippen LogP contribution in [0.2, 0.25) is 0 Å². The van der Waals surface area contributed by atoms with Gasteiger partial charge in [0, 0.05) is 11.3 Å². The SMILES string of the molecule is Cc1cccc(NC(=O)CNC(=O)c2ccc(C(C)C)cc2)c1C. The summed E-state index contributed by atoms with van der Waals surface area (Å²) in [5.41, 5.74) is 4.65. The number of aryl methyl sites for hydroxylation is 1. The lowest BCUT2D eigenvalue weighted by molar-refractivity contribution is -0.115. The Morgan fingerprint density at radius 1 is 1.00 bits per heavy atom. The summed E-state index contributed by atoms with van der Waals surface area (Å²) in [4.78, 5) is 24.1. The molecule has 0 spiro atoms. The Labute approximate surface area is 143 Å². The van der Waals surface area contributed by atoms with Crippen LogP contribution < -0.4 is 10.6 Å². The van der Waals surface area contributed by atoms with Gasteiger partial charge in [-0.2, -0.15) is 0 Å². The van der Waals surface area contributed by atoms with E-state index in [9.17, 15) is 9.59 Å². The van der Waals surface area contributed by atoms with Gasteiger partial charge in [0.05, 0.1) is 6.54 Å². The van der Waals surface area contributed by atoms with Crippen LogP contribution in [0, 0.1) is 13.8 Å². The summed E-state index contributed by atoms with van der Waals surface area (Å²) in [6.45, 7) is 8.10. The van der Waals surface area contributed by atoms with E-state index in [1.807, 2.05) is 44.2 Å². The zero-order valence-corrected chi connectivity index (χ0v) is 14.6. The predicted molar refractivity (Wildman–Crippen MR) is 97.4 cm³/mol. The maximum atomic E-state index is 12.1. The fraction of sp³-hybridized carbons (Fsp3) is 0.300. The monoisotopic (exact) mass is 324 g/mol. The number of hydrogen-bond acceptors (Lipinski definition) is 2. The van der Waals surface area contributed by atoms with Crippen LogP contribution in [0.3, 0.4) is 0 Å². The molecule has 0 aromatic heterocycles. The Morgan fingerprint density at radius 2 is 1.67 bits per heavy atom. The summed E-state index contributed by atoms with van der Waals surface area (Å²) in [6.07, 6.45) is 0. The number of anilines is 1. The molecule has 0 radical (unpaired) electrons. The molecule has 2 aromatic carbocycles. The van der Waals surface area contributed by atoms with Gasteiger partial charge in [0.25, 0.3) is 5.91 Å². The van der Waals surface area contributed by atoms with Gasteiger partial charge in [-0.05, 0) is 54.7 Å². The van der Waals surface area contributed by atoms with E-state index in [0.717, 1.165) is 16.8 Å². The third kappa shape index (κ3) is 4.44. The Kier molecular flexibility index (Phi) is 5.74. The van der Waals surface area contributed by atoms with E-state index in [1.165, 1.54) is 5.56 Å². The lowest BCUT2D eigenvalue weighted by Gasteiger charge is -2.11. The van der Waals surface area contributed by atoms with Gasteiger partial charge < -0.3 is 10.6 Å². The van der Waals surface area contributed by atoms with Crippen molar-refractivity contribution in [3.63, 3.8) is 0 Å². The molecule has 0 aliphatic carbocycles. The Balaban J connectivity index is 1.91. The highest BCUT2D eigenvalue weighted by Crippen LogP contribution is 2.17. The van der Waals surface area contributed by atoms with Crippen LogP contribution in [0.15, 0.2) is 42.5 Å². The zero-order valence-electron chi connectivity index (χ0n) is 14.6. The minimum absolute atomic E-state index is 0.0574. The number of carbonyl (C=O) groups excluding carboxylic acids is 2. The average molecular weight is 324 g/mol. The van der Waals surface area contributed by atoms with Crippen molar-refractivity contribution in [3.8, 4) is 0 Å². The van der Waals surface area contributed by atoms with Crippen LogP contribution >= 0.6 is 0 Å². The number of rotatable bonds is 5. The van der Waals surface area contributed by atoms with Crippen molar-refractivity contribution < 1.29 is 9.59 Å². The molecule has 0 unspecified atom stereocenters. The Bertz CT molecular complexity index is 734. The maximum absolute atomic E-state index is 12.1. The first-order valence-electron chi connectivity index (χ1n) is 8.12. The Morgan fingerprint density at radius 3 is 2.29 bits per heavy atom. The molecule has 126 valence electrons. The number of carbonyl (C=O) groups is 2. The highest BCUT2D eigenvalue weighted by Gasteiger charge is 2.10. The minimum Gasteiger partial charge on any atom is -0.343 e. The molecule has 2 N–H and O–H groups in total. The van der Waals surface area contributed by atoms with Gasteiger partial charge in [0.1, 0.15) is 0 Å². The van der Waals surface area contributed by atoms with Crippen molar-refractivity contribution in [2.75, 3.05) is 11.9 Å². The van der Waals surface area contributed by atoms with E-state index in [-0.39, 0.29) is 18.4 Å². The van der Waals surface area contributed by atoms with E-state index in [4.69, 9.17) is 0 Å². The van der Waals surface area contributed by atoms with Crippen LogP contribution in [0.5, 0.6) is 0 Å². The summed E-state index contributed by atoms with van der Waals surface area (Å²) < 4.78 is 0. The van der Waals surface area contributed by atoms with Gasteiger partial charge in [-0.3, -0.25) is 9.59 Å². The second-order valence-electron chi connectivity index (χ2n) is 6.26. The van der Waals surface area contributed by atoms with Gasteiger partial charge in [0.2, 0.25) is 5.91 Å². The van der Waals surface area contributed by atoms with E-state index < -0.39 is 0 Å². The van der Waals surface area contributed by atoms with E-state index >= 15 is 0 Å². The molecule has 2 amide bonds. The average Bonchev–Trinajstić information content (AvgIpc) is 2.57. The normalized spacial score (nSPS) is 10.5. The standard InChI is InChI=1S/C20H24N2O2/c1-13(2)16-8-10-17(11-9-16)20(24)21-12-19(23)22-18-7-5-6-14(3)15(18)4/h5-11,13H,12H2,1-4H3,(H,21,24)(H,22,23). The number of benzene rings is 2. The molecular weight excluding hydrogens is 300 g/mol. The van der Waals surface area contributed by atoms with E-state index in [1.54, 1.807) is 12.1 Å². The van der Waals surface area contributed by atoms with Crippen molar-refractivity contribution in [1.29, 1.82) is 0 Å². The first kappa shape index (κ1) is 17.7. The van der Waals surface area contributed by atoms with Crippen molar-refractivity contribution >= 4 is 17.5 Å². The predicted octanol–water partition coefficient (Wildman–Crippen LogP) is 3.80. The van der Waals surface area contributed by atoms with Crippen LogP contribution in [0.1, 0.15) is 46.8 Å². The third-order valence-electron chi connectivity index (χ3n) is 4.13. The lowest BCUT2D eigenvalue weighted by atomic mass is 10.0. The summed E-state index contributed by atoms with van der Waals surface area (Å²) in [5, 5.41) is 5.48. The zero-order chi connectivity index (χ0) is 17.7. The second kappa shape index (κ2) is 7.77. The highest BCUT2D eigenvalue weighted by molar-refractivity contribution is 5.99. The molecule has 24 heavy (non-hydrogen) atoms. The molecule has 0 saturated carbocycles. The van der Waals surface area contributed by atoms with Crippen molar-refractivity contribution in [2.24, 2.45) is 0 Å². The molecule has 0 aliphatic rings. The second-order valence-corrected chi connectivity index (χ2v) is 6.26. The fourth-order valence-electron chi connectivity index (χ4n) is 2.36. The molecule has 4 nitrogen and oxygen atoms in total. The molecule has 0 aliphatic heterocycles. The molecule has 0 saturated heterocycles. The molecular formula is C20H24N2O2. The van der Waals surface area contributed by atoms with Gasteiger partial charge in [-0.15, -0.1) is 0 Å². The van der Waals surface area contributed by atoms with Crippen molar-refractivity contribution in [3.05, 3.63) is 64.7 Å². The first-order chi connectivity index (χ1) is 11.4. The summed E-state index contributed by atoms with van der Waals surface area (Å²) in [6, 6.07) is 13.2. The number of nitrogens with one attached hydrogen (secondary N) is 2. The maximum Gasteiger partial charge on any atom is 0.251 e. The summed E-state index contributed by atoms with van der Waals surface area (Å²) >= 11 is 0. The van der Waals surface area contributed by atoms with E-state index in [0.29, 0.717) is 11.5 Å². The molecule has 0 fully saturated rings. The highest BCUT2D eigenvalue weighted by atomic mass is 16.2. The third-order valence-corrected chi connectivity index (χ3v) is 4.13. The lowest BCUT2D eigenvalue weighted by Crippen LogP contribution is -2.33. The summed E-state index contributed by atoms with van der Waals surface area (Å²) in [7, 11) is 0. The largest absolute Gasteiger partial charge is 0.343 e. The molecule has 0 heterocycles.